The fraction of sp³-hybridized carbons (Fsp3) is 0.368. The van der Waals surface area contributed by atoms with Crippen molar-refractivity contribution in [2.45, 2.75) is 18.7 Å². The lowest BCUT2D eigenvalue weighted by molar-refractivity contribution is -0.122. The van der Waals surface area contributed by atoms with Crippen LogP contribution < -0.4 is 5.43 Å². The molecule has 1 aliphatic heterocycles. The molecule has 7 nitrogen and oxygen atoms in total. The quantitative estimate of drug-likeness (QED) is 0.571. The number of aryl methyl sites for hydroxylation is 2. The van der Waals surface area contributed by atoms with Crippen molar-refractivity contribution in [1.29, 1.82) is 0 Å². The summed E-state index contributed by atoms with van der Waals surface area (Å²) in [6, 6.07) is 10.8. The SMILES string of the molecule is Cc1ccc(S(=O)(=O)N2CCN(CC(=O)NN=Cc3ccc(C)s3)CC2)cc1. The van der Waals surface area contributed by atoms with Crippen LogP contribution in [0, 0.1) is 13.8 Å². The second-order valence-electron chi connectivity index (χ2n) is 6.73. The molecule has 2 aromatic rings. The number of piperazine rings is 1. The van der Waals surface area contributed by atoms with Gasteiger partial charge in [-0.25, -0.2) is 13.8 Å². The number of benzene rings is 1. The molecule has 0 unspecified atom stereocenters. The first-order valence-corrected chi connectivity index (χ1v) is 11.3. The van der Waals surface area contributed by atoms with Crippen molar-refractivity contribution in [3.05, 3.63) is 51.7 Å². The van der Waals surface area contributed by atoms with Gasteiger partial charge < -0.3 is 0 Å². The van der Waals surface area contributed by atoms with Crippen molar-refractivity contribution in [3.63, 3.8) is 0 Å². The second kappa shape index (κ2) is 8.95. The van der Waals surface area contributed by atoms with Gasteiger partial charge in [0.1, 0.15) is 0 Å². The first-order valence-electron chi connectivity index (χ1n) is 9.02. The van der Waals surface area contributed by atoms with Crippen LogP contribution in [0.1, 0.15) is 15.3 Å². The zero-order chi connectivity index (χ0) is 20.1. The van der Waals surface area contributed by atoms with Crippen LogP contribution in [0.15, 0.2) is 46.4 Å². The van der Waals surface area contributed by atoms with Gasteiger partial charge in [0.25, 0.3) is 5.91 Å². The number of carbonyl (C=O) groups excluding carboxylic acids is 1. The summed E-state index contributed by atoms with van der Waals surface area (Å²) < 4.78 is 26.9. The number of rotatable bonds is 6. The van der Waals surface area contributed by atoms with E-state index in [1.807, 2.05) is 30.9 Å². The molecule has 1 N–H and O–H groups in total. The second-order valence-corrected chi connectivity index (χ2v) is 9.99. The summed E-state index contributed by atoms with van der Waals surface area (Å²) in [5.41, 5.74) is 3.54. The molecule has 150 valence electrons. The fourth-order valence-electron chi connectivity index (χ4n) is 2.92. The highest BCUT2D eigenvalue weighted by atomic mass is 32.2. The molecule has 1 aliphatic rings. The van der Waals surface area contributed by atoms with Crippen molar-refractivity contribution in [1.82, 2.24) is 14.6 Å². The molecule has 0 aliphatic carbocycles. The lowest BCUT2D eigenvalue weighted by atomic mass is 10.2. The van der Waals surface area contributed by atoms with E-state index >= 15 is 0 Å². The first-order chi connectivity index (χ1) is 13.3. The maximum atomic E-state index is 12.7. The van der Waals surface area contributed by atoms with Crippen molar-refractivity contribution < 1.29 is 13.2 Å². The fourth-order valence-corrected chi connectivity index (χ4v) is 5.09. The van der Waals surface area contributed by atoms with Crippen LogP contribution in [0.2, 0.25) is 0 Å². The monoisotopic (exact) mass is 420 g/mol. The average Bonchev–Trinajstić information content (AvgIpc) is 3.08. The first kappa shape index (κ1) is 20.7. The number of thiophene rings is 1. The third-order valence-corrected chi connectivity index (χ3v) is 7.35. The molecule has 0 saturated carbocycles. The van der Waals surface area contributed by atoms with E-state index in [0.717, 1.165) is 10.4 Å². The Kier molecular flexibility index (Phi) is 6.61. The molecule has 1 aromatic carbocycles. The number of nitrogens with zero attached hydrogens (tertiary/aromatic N) is 3. The molecule has 1 amide bonds. The maximum absolute atomic E-state index is 12.7. The van der Waals surface area contributed by atoms with Gasteiger partial charge in [-0.3, -0.25) is 9.69 Å². The highest BCUT2D eigenvalue weighted by molar-refractivity contribution is 7.89. The molecule has 9 heteroatoms. The summed E-state index contributed by atoms with van der Waals surface area (Å²) in [5, 5.41) is 3.97. The summed E-state index contributed by atoms with van der Waals surface area (Å²) in [5.74, 6) is -0.209. The molecule has 0 spiro atoms. The van der Waals surface area contributed by atoms with Gasteiger partial charge in [0.15, 0.2) is 0 Å². The van der Waals surface area contributed by atoms with Crippen molar-refractivity contribution >= 4 is 33.5 Å². The predicted octanol–water partition coefficient (Wildman–Crippen LogP) is 1.82. The number of hydrazone groups is 1. The maximum Gasteiger partial charge on any atom is 0.254 e. The number of nitrogens with one attached hydrogen (secondary N) is 1. The Hall–Kier alpha value is -2.07. The number of hydrogen-bond donors (Lipinski definition) is 1. The van der Waals surface area contributed by atoms with Gasteiger partial charge in [0.2, 0.25) is 10.0 Å². The van der Waals surface area contributed by atoms with Crippen molar-refractivity contribution in [2.75, 3.05) is 32.7 Å². The lowest BCUT2D eigenvalue weighted by Crippen LogP contribution is -2.50. The average molecular weight is 421 g/mol. The molecule has 28 heavy (non-hydrogen) atoms. The third-order valence-electron chi connectivity index (χ3n) is 4.50. The number of sulfonamides is 1. The zero-order valence-corrected chi connectivity index (χ0v) is 17.6. The van der Waals surface area contributed by atoms with E-state index in [1.54, 1.807) is 41.8 Å². The summed E-state index contributed by atoms with van der Waals surface area (Å²) in [6.45, 7) is 5.87. The Labute approximate surface area is 169 Å². The van der Waals surface area contributed by atoms with E-state index in [9.17, 15) is 13.2 Å². The minimum absolute atomic E-state index is 0.194. The normalized spacial score (nSPS) is 16.5. The van der Waals surface area contributed by atoms with Gasteiger partial charge >= 0.3 is 0 Å². The molecule has 0 atom stereocenters. The molecule has 1 aromatic heterocycles. The predicted molar refractivity (Wildman–Crippen MR) is 111 cm³/mol. The van der Waals surface area contributed by atoms with Crippen LogP contribution in [0.5, 0.6) is 0 Å². The smallest absolute Gasteiger partial charge is 0.254 e. The number of amides is 1. The third kappa shape index (κ3) is 5.26. The molecular formula is C19H24N4O3S2. The van der Waals surface area contributed by atoms with Crippen LogP contribution >= 0.6 is 11.3 Å². The Morgan fingerprint density at radius 3 is 2.39 bits per heavy atom. The zero-order valence-electron chi connectivity index (χ0n) is 16.0. The van der Waals surface area contributed by atoms with E-state index in [4.69, 9.17) is 0 Å². The highest BCUT2D eigenvalue weighted by Gasteiger charge is 2.28. The minimum Gasteiger partial charge on any atom is -0.292 e. The molecule has 0 radical (unpaired) electrons. The van der Waals surface area contributed by atoms with Gasteiger partial charge in [-0.2, -0.15) is 9.41 Å². The minimum atomic E-state index is -3.49. The van der Waals surface area contributed by atoms with E-state index < -0.39 is 10.0 Å². The number of carbonyl (C=O) groups is 1. The highest BCUT2D eigenvalue weighted by Crippen LogP contribution is 2.18. The van der Waals surface area contributed by atoms with E-state index in [0.29, 0.717) is 31.1 Å². The summed E-state index contributed by atoms with van der Waals surface area (Å²) in [6.07, 6.45) is 1.63. The molecule has 1 fully saturated rings. The Morgan fingerprint density at radius 1 is 1.11 bits per heavy atom. The van der Waals surface area contributed by atoms with Gasteiger partial charge in [0, 0.05) is 35.9 Å². The summed E-state index contributed by atoms with van der Waals surface area (Å²) in [4.78, 5) is 16.4. The van der Waals surface area contributed by atoms with Crippen LogP contribution in [0.3, 0.4) is 0 Å². The van der Waals surface area contributed by atoms with E-state index in [-0.39, 0.29) is 12.5 Å². The Bertz CT molecular complexity index is 944. The van der Waals surface area contributed by atoms with E-state index in [2.05, 4.69) is 10.5 Å². The van der Waals surface area contributed by atoms with Gasteiger partial charge in [0.05, 0.1) is 17.7 Å². The van der Waals surface area contributed by atoms with Gasteiger partial charge in [-0.15, -0.1) is 11.3 Å². The lowest BCUT2D eigenvalue weighted by Gasteiger charge is -2.33. The largest absolute Gasteiger partial charge is 0.292 e. The molecule has 2 heterocycles. The summed E-state index contributed by atoms with van der Waals surface area (Å²) in [7, 11) is -3.49. The van der Waals surface area contributed by atoms with Gasteiger partial charge in [-0.1, -0.05) is 17.7 Å². The van der Waals surface area contributed by atoms with Crippen LogP contribution in [-0.4, -0.2) is 62.5 Å². The van der Waals surface area contributed by atoms with E-state index in [1.165, 1.54) is 9.18 Å². The van der Waals surface area contributed by atoms with Crippen LogP contribution in [0.25, 0.3) is 0 Å². The molecule has 1 saturated heterocycles. The Morgan fingerprint density at radius 2 is 1.79 bits per heavy atom. The van der Waals surface area contributed by atoms with Crippen LogP contribution in [-0.2, 0) is 14.8 Å². The van der Waals surface area contributed by atoms with Crippen molar-refractivity contribution in [3.8, 4) is 0 Å². The summed E-state index contributed by atoms with van der Waals surface area (Å²) >= 11 is 1.60. The standard InChI is InChI=1S/C19H24N4O3S2/c1-15-3-7-18(8-4-15)28(25,26)23-11-9-22(10-12-23)14-19(24)21-20-13-17-6-5-16(2)27-17/h3-8,13H,9-12,14H2,1-2H3,(H,21,24). The molecular weight excluding hydrogens is 396 g/mol. The molecule has 0 bridgehead atoms. The van der Waals surface area contributed by atoms with Gasteiger partial charge in [-0.05, 0) is 38.1 Å². The topological polar surface area (TPSA) is 82.1 Å². The Balaban J connectivity index is 1.47. The van der Waals surface area contributed by atoms with Crippen molar-refractivity contribution in [2.24, 2.45) is 5.10 Å². The van der Waals surface area contributed by atoms with Crippen LogP contribution in [0.4, 0.5) is 0 Å². The molecule has 3 rings (SSSR count). The number of hydrogen-bond acceptors (Lipinski definition) is 6.